The predicted molar refractivity (Wildman–Crippen MR) is 121 cm³/mol. The number of rotatable bonds is 8. The molecule has 170 valence electrons. The van der Waals surface area contributed by atoms with Gasteiger partial charge in [0.2, 0.25) is 5.91 Å². The summed E-state index contributed by atoms with van der Waals surface area (Å²) in [6, 6.07) is 9.02. The Hall–Kier alpha value is -3.31. The van der Waals surface area contributed by atoms with Gasteiger partial charge in [-0.1, -0.05) is 23.9 Å². The molecule has 4 rings (SSSR count). The van der Waals surface area contributed by atoms with E-state index in [1.54, 1.807) is 5.38 Å². The normalized spacial score (nSPS) is 10.9. The molecule has 2 heterocycles. The first kappa shape index (κ1) is 22.9. The number of amides is 1. The van der Waals surface area contributed by atoms with Crippen LogP contribution in [0.4, 0.5) is 13.9 Å². The van der Waals surface area contributed by atoms with E-state index in [4.69, 9.17) is 9.15 Å². The van der Waals surface area contributed by atoms with E-state index >= 15 is 0 Å². The van der Waals surface area contributed by atoms with E-state index in [2.05, 4.69) is 20.5 Å². The van der Waals surface area contributed by atoms with Crippen LogP contribution < -0.4 is 10.1 Å². The van der Waals surface area contributed by atoms with Gasteiger partial charge in [0, 0.05) is 10.9 Å². The number of nitrogens with zero attached hydrogens (tertiary/aromatic N) is 3. The van der Waals surface area contributed by atoms with Crippen molar-refractivity contribution < 1.29 is 22.7 Å². The van der Waals surface area contributed by atoms with Crippen LogP contribution in [0.1, 0.15) is 17.0 Å². The zero-order valence-corrected chi connectivity index (χ0v) is 19.2. The number of thiazole rings is 1. The number of hydrogen-bond donors (Lipinski definition) is 1. The van der Waals surface area contributed by atoms with Crippen molar-refractivity contribution >= 4 is 34.1 Å². The average molecular weight is 489 g/mol. The number of carbonyl (C=O) groups excluding carboxylic acids is 1. The number of thioether (sulfide) groups is 1. The Morgan fingerprint density at radius 3 is 2.88 bits per heavy atom. The molecule has 0 unspecified atom stereocenters. The molecule has 0 spiro atoms. The van der Waals surface area contributed by atoms with E-state index < -0.39 is 11.6 Å². The SMILES string of the molecule is Cc1ccc(C)c(OCc2nnc(SCC(=O)Nc3nc(-c4cc(F)ccc4F)cs3)o2)c1. The highest BCUT2D eigenvalue weighted by Gasteiger charge is 2.14. The first-order valence-corrected chi connectivity index (χ1v) is 11.6. The zero-order valence-electron chi connectivity index (χ0n) is 17.6. The van der Waals surface area contributed by atoms with Gasteiger partial charge in [-0.3, -0.25) is 4.79 Å². The molecule has 0 saturated heterocycles. The number of aromatic nitrogens is 3. The highest BCUT2D eigenvalue weighted by Crippen LogP contribution is 2.28. The second-order valence-corrected chi connectivity index (χ2v) is 8.80. The average Bonchev–Trinajstić information content (AvgIpc) is 3.44. The summed E-state index contributed by atoms with van der Waals surface area (Å²) in [6.07, 6.45) is 0. The Balaban J connectivity index is 1.28. The van der Waals surface area contributed by atoms with Crippen molar-refractivity contribution in [1.82, 2.24) is 15.2 Å². The van der Waals surface area contributed by atoms with Gasteiger partial charge in [-0.05, 0) is 49.2 Å². The number of hydrogen-bond acceptors (Lipinski definition) is 8. The lowest BCUT2D eigenvalue weighted by molar-refractivity contribution is -0.113. The van der Waals surface area contributed by atoms with E-state index in [1.807, 2.05) is 32.0 Å². The number of ether oxygens (including phenoxy) is 1. The van der Waals surface area contributed by atoms with Gasteiger partial charge in [-0.2, -0.15) is 0 Å². The summed E-state index contributed by atoms with van der Waals surface area (Å²) in [5, 5.41) is 12.5. The van der Waals surface area contributed by atoms with Crippen LogP contribution in [0.2, 0.25) is 0 Å². The van der Waals surface area contributed by atoms with E-state index in [-0.39, 0.29) is 39.9 Å². The molecular weight excluding hydrogens is 470 g/mol. The minimum absolute atomic E-state index is 0.00270. The third kappa shape index (κ3) is 5.93. The summed E-state index contributed by atoms with van der Waals surface area (Å²) in [5.41, 5.74) is 2.35. The van der Waals surface area contributed by atoms with Gasteiger partial charge in [0.15, 0.2) is 11.7 Å². The number of anilines is 1. The summed E-state index contributed by atoms with van der Waals surface area (Å²) >= 11 is 2.17. The van der Waals surface area contributed by atoms with E-state index in [0.717, 1.165) is 58.2 Å². The molecule has 0 atom stereocenters. The molecule has 11 heteroatoms. The van der Waals surface area contributed by atoms with Gasteiger partial charge in [-0.25, -0.2) is 13.8 Å². The predicted octanol–water partition coefficient (Wildman–Crippen LogP) is 5.40. The van der Waals surface area contributed by atoms with Crippen molar-refractivity contribution in [3.63, 3.8) is 0 Å². The lowest BCUT2D eigenvalue weighted by Gasteiger charge is -2.07. The lowest BCUT2D eigenvalue weighted by atomic mass is 10.1. The molecule has 0 radical (unpaired) electrons. The number of nitrogens with one attached hydrogen (secondary N) is 1. The highest BCUT2D eigenvalue weighted by molar-refractivity contribution is 7.99. The third-order valence-electron chi connectivity index (χ3n) is 4.42. The molecule has 0 aliphatic rings. The Bertz CT molecular complexity index is 1290. The maximum absolute atomic E-state index is 13.9. The summed E-state index contributed by atoms with van der Waals surface area (Å²) in [4.78, 5) is 16.4. The number of carbonyl (C=O) groups is 1. The topological polar surface area (TPSA) is 90.1 Å². The lowest BCUT2D eigenvalue weighted by Crippen LogP contribution is -2.13. The quantitative estimate of drug-likeness (QED) is 0.332. The smallest absolute Gasteiger partial charge is 0.277 e. The van der Waals surface area contributed by atoms with Crippen molar-refractivity contribution in [1.29, 1.82) is 0 Å². The Morgan fingerprint density at radius 1 is 1.18 bits per heavy atom. The van der Waals surface area contributed by atoms with Crippen molar-refractivity contribution in [2.75, 3.05) is 11.1 Å². The molecule has 2 aromatic heterocycles. The fraction of sp³-hybridized carbons (Fsp3) is 0.182. The molecule has 0 aliphatic carbocycles. The largest absolute Gasteiger partial charge is 0.484 e. The molecule has 0 fully saturated rings. The summed E-state index contributed by atoms with van der Waals surface area (Å²) in [5.74, 6) is -0.485. The molecular formula is C22H18F2N4O3S2. The van der Waals surface area contributed by atoms with Crippen molar-refractivity contribution in [2.24, 2.45) is 0 Å². The fourth-order valence-corrected chi connectivity index (χ4v) is 4.10. The fourth-order valence-electron chi connectivity index (χ4n) is 2.79. The Kier molecular flexibility index (Phi) is 6.99. The molecule has 2 aromatic carbocycles. The number of aryl methyl sites for hydroxylation is 2. The molecule has 0 aliphatic heterocycles. The molecule has 4 aromatic rings. The van der Waals surface area contributed by atoms with E-state index in [9.17, 15) is 13.6 Å². The second-order valence-electron chi connectivity index (χ2n) is 7.02. The van der Waals surface area contributed by atoms with Gasteiger partial charge in [-0.15, -0.1) is 21.5 Å². The van der Waals surface area contributed by atoms with Crippen LogP contribution in [0.3, 0.4) is 0 Å². The number of halogens is 2. The summed E-state index contributed by atoms with van der Waals surface area (Å²) in [7, 11) is 0. The van der Waals surface area contributed by atoms with Crippen LogP contribution in [0.15, 0.2) is 51.4 Å². The van der Waals surface area contributed by atoms with Gasteiger partial charge in [0.1, 0.15) is 17.4 Å². The van der Waals surface area contributed by atoms with Crippen molar-refractivity contribution in [3.8, 4) is 17.0 Å². The minimum Gasteiger partial charge on any atom is -0.484 e. The second kappa shape index (κ2) is 10.1. The highest BCUT2D eigenvalue weighted by atomic mass is 32.2. The molecule has 0 bridgehead atoms. The van der Waals surface area contributed by atoms with Crippen LogP contribution in [-0.2, 0) is 11.4 Å². The summed E-state index contributed by atoms with van der Waals surface area (Å²) in [6.45, 7) is 4.04. The van der Waals surface area contributed by atoms with Gasteiger partial charge < -0.3 is 14.5 Å². The maximum atomic E-state index is 13.9. The van der Waals surface area contributed by atoms with Gasteiger partial charge in [0.25, 0.3) is 11.1 Å². The molecule has 33 heavy (non-hydrogen) atoms. The molecule has 7 nitrogen and oxygen atoms in total. The molecule has 1 amide bonds. The monoisotopic (exact) mass is 488 g/mol. The van der Waals surface area contributed by atoms with Crippen LogP contribution >= 0.6 is 23.1 Å². The maximum Gasteiger partial charge on any atom is 0.277 e. The molecule has 0 saturated carbocycles. The van der Waals surface area contributed by atoms with Crippen LogP contribution in [0, 0.1) is 25.5 Å². The third-order valence-corrected chi connectivity index (χ3v) is 6.00. The van der Waals surface area contributed by atoms with Gasteiger partial charge in [0.05, 0.1) is 11.4 Å². The van der Waals surface area contributed by atoms with Gasteiger partial charge >= 0.3 is 0 Å². The van der Waals surface area contributed by atoms with E-state index in [0.29, 0.717) is 5.89 Å². The summed E-state index contributed by atoms with van der Waals surface area (Å²) < 4.78 is 38.5. The first-order valence-electron chi connectivity index (χ1n) is 9.73. The zero-order chi connectivity index (χ0) is 23.4. The first-order chi connectivity index (χ1) is 15.9. The van der Waals surface area contributed by atoms with Crippen LogP contribution in [0.25, 0.3) is 11.3 Å². The molecule has 1 N–H and O–H groups in total. The van der Waals surface area contributed by atoms with Crippen LogP contribution in [-0.4, -0.2) is 26.8 Å². The van der Waals surface area contributed by atoms with Crippen molar-refractivity contribution in [2.45, 2.75) is 25.7 Å². The van der Waals surface area contributed by atoms with Crippen LogP contribution in [0.5, 0.6) is 5.75 Å². The standard InChI is InChI=1S/C22H18F2N4O3S2/c1-12-3-4-13(2)18(7-12)30-9-20-27-28-22(31-20)33-11-19(29)26-21-25-17(10-32-21)15-8-14(23)5-6-16(15)24/h3-8,10H,9,11H2,1-2H3,(H,25,26,29). The number of benzene rings is 2. The Labute approximate surface area is 196 Å². The Morgan fingerprint density at radius 2 is 2.03 bits per heavy atom. The van der Waals surface area contributed by atoms with Crippen molar-refractivity contribution in [3.05, 3.63) is 70.4 Å². The van der Waals surface area contributed by atoms with E-state index in [1.165, 1.54) is 0 Å². The minimum atomic E-state index is -0.594.